The number of nitrogens with one attached hydrogen (secondary N) is 2. The molecule has 0 amide bonds. The van der Waals surface area contributed by atoms with Gasteiger partial charge in [0.1, 0.15) is 5.75 Å². The van der Waals surface area contributed by atoms with Crippen LogP contribution >= 0.6 is 24.0 Å². The molecule has 120 valence electrons. The molecule has 0 atom stereocenters. The van der Waals surface area contributed by atoms with E-state index in [0.717, 1.165) is 35.1 Å². The Balaban J connectivity index is 0.00000400. The third-order valence-corrected chi connectivity index (χ3v) is 3.07. The highest BCUT2D eigenvalue weighted by atomic mass is 127. The highest BCUT2D eigenvalue weighted by Crippen LogP contribution is 2.23. The molecule has 0 aliphatic carbocycles. The zero-order valence-corrected chi connectivity index (χ0v) is 16.1. The lowest BCUT2D eigenvalue weighted by Gasteiger charge is -2.15. The van der Waals surface area contributed by atoms with Crippen LogP contribution in [0.3, 0.4) is 0 Å². The quantitative estimate of drug-likeness (QED) is 0.449. The molecule has 0 unspecified atom stereocenters. The summed E-state index contributed by atoms with van der Waals surface area (Å²) in [4.78, 5) is 8.66. The van der Waals surface area contributed by atoms with E-state index in [-0.39, 0.29) is 24.0 Å². The maximum atomic E-state index is 5.41. The first-order chi connectivity index (χ1) is 9.49. The molecule has 0 saturated carbocycles. The number of hydrogen-bond acceptors (Lipinski definition) is 3. The minimum Gasteiger partial charge on any atom is -0.496 e. The molecule has 1 aromatic heterocycles. The van der Waals surface area contributed by atoms with Crippen LogP contribution in [0.2, 0.25) is 0 Å². The SMILES string of the molecule is CN=C(NCc1ncc(C)c(OC)c1C)NCC(C)C.I. The van der Waals surface area contributed by atoms with E-state index in [2.05, 4.69) is 34.5 Å². The first kappa shape index (κ1) is 19.9. The van der Waals surface area contributed by atoms with Crippen LogP contribution in [0.25, 0.3) is 0 Å². The molecule has 0 spiro atoms. The zero-order valence-electron chi connectivity index (χ0n) is 13.8. The van der Waals surface area contributed by atoms with E-state index in [9.17, 15) is 0 Å². The van der Waals surface area contributed by atoms with Crippen molar-refractivity contribution in [2.45, 2.75) is 34.2 Å². The highest BCUT2D eigenvalue weighted by Gasteiger charge is 2.09. The van der Waals surface area contributed by atoms with Gasteiger partial charge in [0.05, 0.1) is 19.3 Å². The predicted octanol–water partition coefficient (Wildman–Crippen LogP) is 2.65. The molecular weight excluding hydrogens is 379 g/mol. The molecule has 0 aromatic carbocycles. The fourth-order valence-corrected chi connectivity index (χ4v) is 1.94. The Morgan fingerprint density at radius 2 is 2.00 bits per heavy atom. The average molecular weight is 406 g/mol. The smallest absolute Gasteiger partial charge is 0.191 e. The van der Waals surface area contributed by atoms with E-state index in [4.69, 9.17) is 4.74 Å². The third kappa shape index (κ3) is 6.07. The summed E-state index contributed by atoms with van der Waals surface area (Å²) in [6, 6.07) is 0. The van der Waals surface area contributed by atoms with Gasteiger partial charge in [-0.2, -0.15) is 0 Å². The fourth-order valence-electron chi connectivity index (χ4n) is 1.94. The summed E-state index contributed by atoms with van der Waals surface area (Å²) in [5.41, 5.74) is 3.09. The van der Waals surface area contributed by atoms with E-state index < -0.39 is 0 Å². The highest BCUT2D eigenvalue weighted by molar-refractivity contribution is 14.0. The van der Waals surface area contributed by atoms with Gasteiger partial charge in [-0.25, -0.2) is 0 Å². The number of aryl methyl sites for hydroxylation is 1. The third-order valence-electron chi connectivity index (χ3n) is 3.07. The summed E-state index contributed by atoms with van der Waals surface area (Å²) in [5, 5.41) is 6.55. The second-order valence-electron chi connectivity index (χ2n) is 5.25. The molecule has 1 heterocycles. The van der Waals surface area contributed by atoms with Gasteiger partial charge < -0.3 is 15.4 Å². The van der Waals surface area contributed by atoms with Gasteiger partial charge in [0, 0.05) is 30.9 Å². The normalized spacial score (nSPS) is 11.1. The molecule has 6 heteroatoms. The number of ether oxygens (including phenoxy) is 1. The van der Waals surface area contributed by atoms with Gasteiger partial charge in [0.25, 0.3) is 0 Å². The molecule has 0 saturated heterocycles. The molecule has 5 nitrogen and oxygen atoms in total. The van der Waals surface area contributed by atoms with E-state index in [1.54, 1.807) is 14.2 Å². The van der Waals surface area contributed by atoms with Crippen LogP contribution in [0, 0.1) is 19.8 Å². The second-order valence-corrected chi connectivity index (χ2v) is 5.25. The maximum Gasteiger partial charge on any atom is 0.191 e. The first-order valence-electron chi connectivity index (χ1n) is 6.93. The van der Waals surface area contributed by atoms with Crippen molar-refractivity contribution in [3.63, 3.8) is 0 Å². The van der Waals surface area contributed by atoms with Crippen LogP contribution in [0.1, 0.15) is 30.7 Å². The van der Waals surface area contributed by atoms with Crippen LogP contribution in [-0.2, 0) is 6.54 Å². The Morgan fingerprint density at radius 3 is 2.52 bits per heavy atom. The van der Waals surface area contributed by atoms with Crippen LogP contribution in [0.5, 0.6) is 5.75 Å². The summed E-state index contributed by atoms with van der Waals surface area (Å²) >= 11 is 0. The summed E-state index contributed by atoms with van der Waals surface area (Å²) in [5.74, 6) is 2.27. The van der Waals surface area contributed by atoms with Gasteiger partial charge in [0.2, 0.25) is 0 Å². The minimum atomic E-state index is 0. The molecule has 0 aliphatic heterocycles. The van der Waals surface area contributed by atoms with Crippen LogP contribution in [-0.4, -0.2) is 31.6 Å². The van der Waals surface area contributed by atoms with Crippen molar-refractivity contribution < 1.29 is 4.74 Å². The number of pyridine rings is 1. The lowest BCUT2D eigenvalue weighted by Crippen LogP contribution is -2.38. The molecule has 0 bridgehead atoms. The van der Waals surface area contributed by atoms with E-state index in [0.29, 0.717) is 12.5 Å². The second kappa shape index (κ2) is 9.81. The number of hydrogen-bond donors (Lipinski definition) is 2. The molecule has 0 aliphatic rings. The van der Waals surface area contributed by atoms with Gasteiger partial charge in [-0.05, 0) is 19.8 Å². The zero-order chi connectivity index (χ0) is 15.1. The molecule has 21 heavy (non-hydrogen) atoms. The molecule has 0 fully saturated rings. The van der Waals surface area contributed by atoms with Gasteiger partial charge in [-0.3, -0.25) is 9.98 Å². The lowest BCUT2D eigenvalue weighted by atomic mass is 10.1. The van der Waals surface area contributed by atoms with Crippen molar-refractivity contribution in [3.05, 3.63) is 23.0 Å². The number of rotatable bonds is 5. The summed E-state index contributed by atoms with van der Waals surface area (Å²) in [6.45, 7) is 9.87. The van der Waals surface area contributed by atoms with Crippen molar-refractivity contribution in [2.24, 2.45) is 10.9 Å². The largest absolute Gasteiger partial charge is 0.496 e. The monoisotopic (exact) mass is 406 g/mol. The van der Waals surface area contributed by atoms with Crippen molar-refractivity contribution in [3.8, 4) is 5.75 Å². The van der Waals surface area contributed by atoms with Crippen LogP contribution in [0.15, 0.2) is 11.2 Å². The Morgan fingerprint density at radius 1 is 1.33 bits per heavy atom. The number of methoxy groups -OCH3 is 1. The lowest BCUT2D eigenvalue weighted by molar-refractivity contribution is 0.406. The average Bonchev–Trinajstić information content (AvgIpc) is 2.41. The van der Waals surface area contributed by atoms with Crippen molar-refractivity contribution in [2.75, 3.05) is 20.7 Å². The van der Waals surface area contributed by atoms with E-state index in [1.807, 2.05) is 20.0 Å². The minimum absolute atomic E-state index is 0. The maximum absolute atomic E-state index is 5.41. The predicted molar refractivity (Wildman–Crippen MR) is 98.7 cm³/mol. The fraction of sp³-hybridized carbons (Fsp3) is 0.600. The number of aliphatic imine (C=N–C) groups is 1. The van der Waals surface area contributed by atoms with Crippen molar-refractivity contribution in [1.29, 1.82) is 0 Å². The van der Waals surface area contributed by atoms with E-state index in [1.165, 1.54) is 0 Å². The van der Waals surface area contributed by atoms with Crippen molar-refractivity contribution in [1.82, 2.24) is 15.6 Å². The molecule has 1 rings (SSSR count). The summed E-state index contributed by atoms with van der Waals surface area (Å²) in [6.07, 6.45) is 1.84. The van der Waals surface area contributed by atoms with Gasteiger partial charge in [-0.15, -0.1) is 24.0 Å². The Kier molecular flexibility index (Phi) is 9.32. The van der Waals surface area contributed by atoms with E-state index >= 15 is 0 Å². The van der Waals surface area contributed by atoms with Gasteiger partial charge in [-0.1, -0.05) is 13.8 Å². The van der Waals surface area contributed by atoms with Crippen LogP contribution < -0.4 is 15.4 Å². The topological polar surface area (TPSA) is 58.5 Å². The number of aromatic nitrogens is 1. The Labute approximate surface area is 145 Å². The number of guanidine groups is 1. The Hall–Kier alpha value is -1.05. The standard InChI is InChI=1S/C15H26N4O.HI/c1-10(2)7-18-15(16-5)19-9-13-12(4)14(20-6)11(3)8-17-13;/h8,10H,7,9H2,1-6H3,(H2,16,18,19);1H. The van der Waals surface area contributed by atoms with Crippen molar-refractivity contribution >= 4 is 29.9 Å². The number of nitrogens with zero attached hydrogens (tertiary/aromatic N) is 2. The number of halogens is 1. The summed E-state index contributed by atoms with van der Waals surface area (Å²) < 4.78 is 5.41. The first-order valence-corrected chi connectivity index (χ1v) is 6.93. The molecule has 0 radical (unpaired) electrons. The Bertz CT molecular complexity index is 475. The molecule has 1 aromatic rings. The molecule has 2 N–H and O–H groups in total. The van der Waals surface area contributed by atoms with Gasteiger partial charge in [0.15, 0.2) is 5.96 Å². The molecular formula is C15H27IN4O. The van der Waals surface area contributed by atoms with Gasteiger partial charge >= 0.3 is 0 Å². The van der Waals surface area contributed by atoms with Crippen LogP contribution in [0.4, 0.5) is 0 Å². The summed E-state index contributed by atoms with van der Waals surface area (Å²) in [7, 11) is 3.46.